The summed E-state index contributed by atoms with van der Waals surface area (Å²) >= 11 is 12.1. The Bertz CT molecular complexity index is 798. The highest BCUT2D eigenvalue weighted by atomic mass is 35.5. The van der Waals surface area contributed by atoms with E-state index in [2.05, 4.69) is 5.10 Å². The first kappa shape index (κ1) is 14.8. The number of hydrogen-bond acceptors (Lipinski definition) is 2. The van der Waals surface area contributed by atoms with Crippen LogP contribution in [-0.4, -0.2) is 11.6 Å². The molecule has 0 atom stereocenters. The predicted molar refractivity (Wildman–Crippen MR) is 91.5 cm³/mol. The van der Waals surface area contributed by atoms with Gasteiger partial charge in [0.2, 0.25) is 0 Å². The third-order valence-electron chi connectivity index (χ3n) is 3.31. The van der Waals surface area contributed by atoms with Crippen molar-refractivity contribution < 1.29 is 4.79 Å². The van der Waals surface area contributed by atoms with Gasteiger partial charge in [-0.05, 0) is 36.8 Å². The molecule has 1 aliphatic heterocycles. The van der Waals surface area contributed by atoms with E-state index in [1.54, 1.807) is 25.1 Å². The predicted octanol–water partition coefficient (Wildman–Crippen LogP) is 4.80. The van der Waals surface area contributed by atoms with Crippen molar-refractivity contribution in [2.75, 3.05) is 5.01 Å². The van der Waals surface area contributed by atoms with Crippen molar-refractivity contribution >= 4 is 46.6 Å². The molecule has 3 rings (SSSR count). The molecule has 2 aromatic carbocycles. The fourth-order valence-corrected chi connectivity index (χ4v) is 2.58. The van der Waals surface area contributed by atoms with Gasteiger partial charge < -0.3 is 0 Å². The van der Waals surface area contributed by atoms with Crippen LogP contribution in [0, 0.1) is 0 Å². The number of hydrazone groups is 1. The maximum Gasteiger partial charge on any atom is 0.280 e. The van der Waals surface area contributed by atoms with Crippen molar-refractivity contribution in [2.45, 2.75) is 6.92 Å². The number of benzene rings is 2. The number of halogens is 2. The van der Waals surface area contributed by atoms with Gasteiger partial charge in [0.05, 0.1) is 22.0 Å². The van der Waals surface area contributed by atoms with Gasteiger partial charge in [-0.15, -0.1) is 0 Å². The van der Waals surface area contributed by atoms with Gasteiger partial charge in [0.1, 0.15) is 0 Å². The van der Waals surface area contributed by atoms with E-state index in [0.29, 0.717) is 27.0 Å². The first-order valence-corrected chi connectivity index (χ1v) is 7.43. The second-order valence-electron chi connectivity index (χ2n) is 4.87. The Morgan fingerprint density at radius 2 is 1.82 bits per heavy atom. The minimum atomic E-state index is -0.217. The normalized spacial score (nSPS) is 16.3. The van der Waals surface area contributed by atoms with Gasteiger partial charge in [-0.25, -0.2) is 0 Å². The molecule has 110 valence electrons. The van der Waals surface area contributed by atoms with Crippen molar-refractivity contribution in [2.24, 2.45) is 5.10 Å². The Morgan fingerprint density at radius 3 is 2.55 bits per heavy atom. The van der Waals surface area contributed by atoms with Crippen LogP contribution in [0.25, 0.3) is 6.08 Å². The molecule has 0 saturated carbocycles. The molecule has 2 aromatic rings. The van der Waals surface area contributed by atoms with Gasteiger partial charge in [0, 0.05) is 5.02 Å². The Balaban J connectivity index is 2.00. The van der Waals surface area contributed by atoms with Crippen molar-refractivity contribution in [1.29, 1.82) is 0 Å². The van der Waals surface area contributed by atoms with Gasteiger partial charge in [-0.1, -0.05) is 53.5 Å². The summed E-state index contributed by atoms with van der Waals surface area (Å²) in [5.74, 6) is -0.217. The summed E-state index contributed by atoms with van der Waals surface area (Å²) in [7, 11) is 0. The lowest BCUT2D eigenvalue weighted by molar-refractivity contribution is -0.114. The number of rotatable bonds is 2. The molecule has 5 heteroatoms. The summed E-state index contributed by atoms with van der Waals surface area (Å²) in [6, 6.07) is 14.6. The third-order valence-corrected chi connectivity index (χ3v) is 3.86. The molecule has 0 radical (unpaired) electrons. The molecule has 0 unspecified atom stereocenters. The van der Waals surface area contributed by atoms with Crippen LogP contribution in [0.2, 0.25) is 10.0 Å². The number of hydrogen-bond donors (Lipinski definition) is 0. The number of carbonyl (C=O) groups excluding carboxylic acids is 1. The van der Waals surface area contributed by atoms with Gasteiger partial charge in [-0.3, -0.25) is 4.79 Å². The monoisotopic (exact) mass is 330 g/mol. The Labute approximate surface area is 138 Å². The second-order valence-corrected chi connectivity index (χ2v) is 5.71. The van der Waals surface area contributed by atoms with E-state index in [9.17, 15) is 4.79 Å². The number of amides is 1. The van der Waals surface area contributed by atoms with E-state index >= 15 is 0 Å². The first-order valence-electron chi connectivity index (χ1n) is 6.68. The van der Waals surface area contributed by atoms with Gasteiger partial charge >= 0.3 is 0 Å². The molecule has 0 N–H and O–H groups in total. The fraction of sp³-hybridized carbons (Fsp3) is 0.0588. The number of carbonyl (C=O) groups is 1. The minimum absolute atomic E-state index is 0.217. The lowest BCUT2D eigenvalue weighted by Gasteiger charge is -2.13. The van der Waals surface area contributed by atoms with Crippen LogP contribution in [0.3, 0.4) is 0 Å². The molecule has 0 aromatic heterocycles. The van der Waals surface area contributed by atoms with Crippen LogP contribution in [0.1, 0.15) is 12.5 Å². The number of nitrogens with zero attached hydrogens (tertiary/aromatic N) is 2. The highest BCUT2D eigenvalue weighted by molar-refractivity contribution is 6.38. The molecule has 0 spiro atoms. The van der Waals surface area contributed by atoms with Crippen LogP contribution in [-0.2, 0) is 4.79 Å². The van der Waals surface area contributed by atoms with E-state index in [1.165, 1.54) is 5.01 Å². The molecule has 0 aliphatic carbocycles. The van der Waals surface area contributed by atoms with Crippen LogP contribution >= 0.6 is 23.2 Å². The Hall–Kier alpha value is -2.10. The van der Waals surface area contributed by atoms with Crippen LogP contribution in [0.5, 0.6) is 0 Å². The molecule has 1 heterocycles. The average Bonchev–Trinajstić information content (AvgIpc) is 2.79. The summed E-state index contributed by atoms with van der Waals surface area (Å²) in [4.78, 5) is 12.6. The Morgan fingerprint density at radius 1 is 1.09 bits per heavy atom. The summed E-state index contributed by atoms with van der Waals surface area (Å²) in [6.07, 6.45) is 1.82. The standard InChI is InChI=1S/C17H12Cl2N2O/c1-11-14(9-12-5-3-2-4-6-12)17(22)21(20-11)16-10-13(18)7-8-15(16)19/h2-10H,1H3. The molecule has 22 heavy (non-hydrogen) atoms. The molecule has 0 bridgehead atoms. The van der Waals surface area contributed by atoms with Crippen LogP contribution in [0.4, 0.5) is 5.69 Å². The maximum absolute atomic E-state index is 12.6. The van der Waals surface area contributed by atoms with Gasteiger partial charge in [0.15, 0.2) is 0 Å². The van der Waals surface area contributed by atoms with E-state index in [4.69, 9.17) is 23.2 Å². The van der Waals surface area contributed by atoms with Crippen molar-refractivity contribution in [3.8, 4) is 0 Å². The van der Waals surface area contributed by atoms with Crippen LogP contribution in [0.15, 0.2) is 59.2 Å². The van der Waals surface area contributed by atoms with E-state index in [1.807, 2.05) is 36.4 Å². The third kappa shape index (κ3) is 2.78. The summed E-state index contributed by atoms with van der Waals surface area (Å²) in [6.45, 7) is 1.80. The van der Waals surface area contributed by atoms with Crippen molar-refractivity contribution in [1.82, 2.24) is 0 Å². The van der Waals surface area contributed by atoms with Gasteiger partial charge in [-0.2, -0.15) is 10.1 Å². The maximum atomic E-state index is 12.6. The molecular weight excluding hydrogens is 319 g/mol. The SMILES string of the molecule is CC1=NN(c2cc(Cl)ccc2Cl)C(=O)C1=Cc1ccccc1. The lowest BCUT2D eigenvalue weighted by Crippen LogP contribution is -2.21. The number of anilines is 1. The smallest absolute Gasteiger partial charge is 0.267 e. The molecule has 0 saturated heterocycles. The lowest BCUT2D eigenvalue weighted by atomic mass is 10.1. The molecule has 1 amide bonds. The largest absolute Gasteiger partial charge is 0.280 e. The van der Waals surface area contributed by atoms with Crippen LogP contribution < -0.4 is 5.01 Å². The van der Waals surface area contributed by atoms with E-state index in [0.717, 1.165) is 5.56 Å². The second kappa shape index (κ2) is 5.95. The highest BCUT2D eigenvalue weighted by Crippen LogP contribution is 2.33. The molecule has 0 fully saturated rings. The molecule has 3 nitrogen and oxygen atoms in total. The highest BCUT2D eigenvalue weighted by Gasteiger charge is 2.30. The average molecular weight is 331 g/mol. The van der Waals surface area contributed by atoms with Crippen molar-refractivity contribution in [3.05, 3.63) is 69.7 Å². The Kier molecular flexibility index (Phi) is 4.01. The zero-order valence-corrected chi connectivity index (χ0v) is 13.3. The summed E-state index contributed by atoms with van der Waals surface area (Å²) in [5, 5.41) is 6.53. The fourth-order valence-electron chi connectivity index (χ4n) is 2.21. The molecule has 1 aliphatic rings. The molecular formula is C17H12Cl2N2O. The van der Waals surface area contributed by atoms with E-state index < -0.39 is 0 Å². The first-order chi connectivity index (χ1) is 10.6. The summed E-state index contributed by atoms with van der Waals surface area (Å²) < 4.78 is 0. The summed E-state index contributed by atoms with van der Waals surface area (Å²) in [5.41, 5.74) is 2.61. The zero-order chi connectivity index (χ0) is 15.7. The van der Waals surface area contributed by atoms with Gasteiger partial charge in [0.25, 0.3) is 5.91 Å². The quantitative estimate of drug-likeness (QED) is 0.728. The minimum Gasteiger partial charge on any atom is -0.267 e. The zero-order valence-electron chi connectivity index (χ0n) is 11.8. The topological polar surface area (TPSA) is 32.7 Å². The van der Waals surface area contributed by atoms with E-state index in [-0.39, 0.29) is 5.91 Å². The van der Waals surface area contributed by atoms with Crippen molar-refractivity contribution in [3.63, 3.8) is 0 Å².